The van der Waals surface area contributed by atoms with Gasteiger partial charge in [-0.15, -0.1) is 11.8 Å². The van der Waals surface area contributed by atoms with Gasteiger partial charge in [0.25, 0.3) is 5.91 Å². The summed E-state index contributed by atoms with van der Waals surface area (Å²) in [7, 11) is 0. The van der Waals surface area contributed by atoms with Gasteiger partial charge < -0.3 is 19.9 Å². The number of nitrogens with one attached hydrogen (secondary N) is 1. The number of hydrogen-bond donors (Lipinski definition) is 1. The van der Waals surface area contributed by atoms with Gasteiger partial charge in [0.1, 0.15) is 6.04 Å². The maximum Gasteiger partial charge on any atom is 0.252 e. The summed E-state index contributed by atoms with van der Waals surface area (Å²) < 4.78 is 5.63. The van der Waals surface area contributed by atoms with Gasteiger partial charge in [-0.25, -0.2) is 0 Å². The van der Waals surface area contributed by atoms with Crippen LogP contribution in [-0.2, 0) is 9.53 Å². The van der Waals surface area contributed by atoms with Crippen LogP contribution in [0.5, 0.6) is 0 Å². The minimum atomic E-state index is -0.434. The number of rotatable bonds is 4. The van der Waals surface area contributed by atoms with Gasteiger partial charge in [0.05, 0.1) is 42.8 Å². The summed E-state index contributed by atoms with van der Waals surface area (Å²) in [6, 6.07) is 9.73. The summed E-state index contributed by atoms with van der Waals surface area (Å²) in [5.74, 6) is 0.498. The van der Waals surface area contributed by atoms with Gasteiger partial charge >= 0.3 is 0 Å². The number of thioether (sulfide) groups is 1. The van der Waals surface area contributed by atoms with E-state index in [4.69, 9.17) is 10.00 Å². The van der Waals surface area contributed by atoms with E-state index < -0.39 is 6.04 Å². The van der Waals surface area contributed by atoms with Crippen molar-refractivity contribution in [2.45, 2.75) is 32.0 Å². The number of fused-ring (bicyclic) bond motifs is 1. The average molecular weight is 440 g/mol. The Balaban J connectivity index is 1.55. The molecule has 0 radical (unpaired) electrons. The highest BCUT2D eigenvalue weighted by Gasteiger charge is 2.29. The number of carbonyl (C=O) groups is 2. The lowest BCUT2D eigenvalue weighted by molar-refractivity contribution is -0.129. The molecule has 3 heterocycles. The third-order valence-corrected chi connectivity index (χ3v) is 6.70. The highest BCUT2D eigenvalue weighted by Crippen LogP contribution is 2.28. The second kappa shape index (κ2) is 9.12. The van der Waals surface area contributed by atoms with Gasteiger partial charge in [0, 0.05) is 35.1 Å². The molecule has 0 unspecified atom stereocenters. The second-order valence-electron chi connectivity index (χ2n) is 7.89. The molecule has 8 nitrogen and oxygen atoms in total. The predicted molar refractivity (Wildman–Crippen MR) is 120 cm³/mol. The summed E-state index contributed by atoms with van der Waals surface area (Å²) in [6.07, 6.45) is 1.60. The van der Waals surface area contributed by atoms with Crippen LogP contribution < -0.4 is 10.2 Å². The lowest BCUT2D eigenvalue weighted by atomic mass is 10.0. The van der Waals surface area contributed by atoms with E-state index in [9.17, 15) is 9.59 Å². The summed E-state index contributed by atoms with van der Waals surface area (Å²) in [5, 5.41) is 12.6. The molecule has 1 aromatic carbocycles. The molecule has 0 saturated carbocycles. The summed E-state index contributed by atoms with van der Waals surface area (Å²) in [6.45, 7) is 5.41. The molecule has 0 spiro atoms. The molecular formula is C22H25N5O3S. The van der Waals surface area contributed by atoms with Gasteiger partial charge in [-0.3, -0.25) is 14.6 Å². The number of morpholine rings is 1. The zero-order valence-electron chi connectivity index (χ0n) is 17.6. The molecule has 1 aromatic heterocycles. The van der Waals surface area contributed by atoms with E-state index in [2.05, 4.69) is 35.1 Å². The quantitative estimate of drug-likeness (QED) is 0.778. The standard InChI is InChI=1S/C22H25N5O3S/c1-14-10-30-11-15(2)27(14)16-3-4-20-19(7-16)18(5-6-24-20)22(29)25-9-21(28)26-13-31-12-17(26)8-23/h3-7,14-15,17H,9-13H2,1-2H3,(H,25,29)/t14-,15-,17+/m0/s1. The van der Waals surface area contributed by atoms with Gasteiger partial charge in [0.2, 0.25) is 5.91 Å². The first-order chi connectivity index (χ1) is 15.0. The minimum absolute atomic E-state index is 0.140. The molecule has 0 aliphatic carbocycles. The zero-order chi connectivity index (χ0) is 22.0. The third kappa shape index (κ3) is 4.31. The molecule has 1 N–H and O–H groups in total. The van der Waals surface area contributed by atoms with Crippen molar-refractivity contribution in [3.05, 3.63) is 36.0 Å². The van der Waals surface area contributed by atoms with E-state index in [1.807, 2.05) is 18.2 Å². The molecule has 3 atom stereocenters. The molecule has 31 heavy (non-hydrogen) atoms. The van der Waals surface area contributed by atoms with Crippen molar-refractivity contribution in [3.63, 3.8) is 0 Å². The number of anilines is 1. The van der Waals surface area contributed by atoms with Gasteiger partial charge in [-0.05, 0) is 38.1 Å². The first-order valence-electron chi connectivity index (χ1n) is 10.3. The fraction of sp³-hybridized carbons (Fsp3) is 0.455. The van der Waals surface area contributed by atoms with Gasteiger partial charge in [-0.2, -0.15) is 5.26 Å². The summed E-state index contributed by atoms with van der Waals surface area (Å²) >= 11 is 1.54. The number of nitrogens with zero attached hydrogens (tertiary/aromatic N) is 4. The van der Waals surface area contributed by atoms with Crippen LogP contribution in [0.2, 0.25) is 0 Å². The Hall–Kier alpha value is -2.83. The average Bonchev–Trinajstić information content (AvgIpc) is 3.25. The van der Waals surface area contributed by atoms with Gasteiger partial charge in [0.15, 0.2) is 0 Å². The topological polar surface area (TPSA) is 98.6 Å². The third-order valence-electron chi connectivity index (χ3n) is 5.69. The monoisotopic (exact) mass is 439 g/mol. The van der Waals surface area contributed by atoms with E-state index in [1.165, 1.54) is 16.7 Å². The Labute approximate surface area is 185 Å². The first kappa shape index (κ1) is 21.4. The van der Waals surface area contributed by atoms with Crippen LogP contribution in [0.3, 0.4) is 0 Å². The second-order valence-corrected chi connectivity index (χ2v) is 8.89. The van der Waals surface area contributed by atoms with E-state index in [-0.39, 0.29) is 30.4 Å². The largest absolute Gasteiger partial charge is 0.377 e. The van der Waals surface area contributed by atoms with Crippen LogP contribution in [0.15, 0.2) is 30.5 Å². The Morgan fingerprint density at radius 2 is 2.06 bits per heavy atom. The molecular weight excluding hydrogens is 414 g/mol. The Bertz CT molecular complexity index is 1030. The van der Waals surface area contributed by atoms with Crippen LogP contribution in [0.25, 0.3) is 10.9 Å². The zero-order valence-corrected chi connectivity index (χ0v) is 18.4. The first-order valence-corrected chi connectivity index (χ1v) is 11.4. The van der Waals surface area contributed by atoms with Crippen molar-refractivity contribution in [2.24, 2.45) is 0 Å². The Kier molecular flexibility index (Phi) is 6.30. The molecule has 2 saturated heterocycles. The van der Waals surface area contributed by atoms with Crippen molar-refractivity contribution in [1.29, 1.82) is 5.26 Å². The molecule has 2 aliphatic heterocycles. The molecule has 0 bridgehead atoms. The molecule has 162 valence electrons. The minimum Gasteiger partial charge on any atom is -0.377 e. The maximum absolute atomic E-state index is 12.9. The number of pyridine rings is 1. The number of hydrogen-bond acceptors (Lipinski definition) is 7. The lowest BCUT2D eigenvalue weighted by Crippen LogP contribution is -2.49. The molecule has 2 amide bonds. The van der Waals surface area contributed by atoms with Crippen molar-refractivity contribution in [2.75, 3.05) is 36.3 Å². The summed E-state index contributed by atoms with van der Waals surface area (Å²) in [4.78, 5) is 33.6. The van der Waals surface area contributed by atoms with E-state index in [0.29, 0.717) is 30.4 Å². The van der Waals surface area contributed by atoms with Crippen LogP contribution >= 0.6 is 11.8 Å². The van der Waals surface area contributed by atoms with Crippen molar-refractivity contribution in [3.8, 4) is 6.07 Å². The normalized spacial score (nSPS) is 23.6. The highest BCUT2D eigenvalue weighted by atomic mass is 32.2. The molecule has 2 fully saturated rings. The van der Waals surface area contributed by atoms with Crippen molar-refractivity contribution >= 4 is 40.2 Å². The number of benzene rings is 1. The van der Waals surface area contributed by atoms with E-state index in [1.54, 1.807) is 12.3 Å². The smallest absolute Gasteiger partial charge is 0.252 e. The number of aromatic nitrogens is 1. The summed E-state index contributed by atoms with van der Waals surface area (Å²) in [5.41, 5.74) is 2.21. The van der Waals surface area contributed by atoms with Crippen LogP contribution in [0.4, 0.5) is 5.69 Å². The fourth-order valence-corrected chi connectivity index (χ4v) is 5.26. The molecule has 2 aromatic rings. The number of ether oxygens (including phenoxy) is 1. The van der Waals surface area contributed by atoms with Gasteiger partial charge in [-0.1, -0.05) is 0 Å². The molecule has 9 heteroatoms. The maximum atomic E-state index is 12.9. The Morgan fingerprint density at radius 3 is 2.81 bits per heavy atom. The number of amides is 2. The predicted octanol–water partition coefficient (Wildman–Crippen LogP) is 2.00. The van der Waals surface area contributed by atoms with Crippen LogP contribution in [0.1, 0.15) is 24.2 Å². The van der Waals surface area contributed by atoms with Crippen LogP contribution in [-0.4, -0.2) is 71.2 Å². The van der Waals surface area contributed by atoms with Crippen molar-refractivity contribution in [1.82, 2.24) is 15.2 Å². The SMILES string of the molecule is C[C@H]1COC[C@H](C)N1c1ccc2nccc(C(=O)NCC(=O)N3CSC[C@H]3C#N)c2c1. The van der Waals surface area contributed by atoms with E-state index in [0.717, 1.165) is 16.6 Å². The van der Waals surface area contributed by atoms with Crippen molar-refractivity contribution < 1.29 is 14.3 Å². The molecule has 4 rings (SSSR count). The van der Waals surface area contributed by atoms with E-state index >= 15 is 0 Å². The number of nitriles is 1. The van der Waals surface area contributed by atoms with Crippen LogP contribution in [0, 0.1) is 11.3 Å². The fourth-order valence-electron chi connectivity index (χ4n) is 4.15. The highest BCUT2D eigenvalue weighted by molar-refractivity contribution is 7.99. The lowest BCUT2D eigenvalue weighted by Gasteiger charge is -2.40. The molecule has 2 aliphatic rings. The Morgan fingerprint density at radius 1 is 1.29 bits per heavy atom. The number of carbonyl (C=O) groups excluding carboxylic acids is 2.